The third kappa shape index (κ3) is 1.91. The molecule has 84 valence electrons. The van der Waals surface area contributed by atoms with Gasteiger partial charge in [0.2, 0.25) is 5.88 Å². The molecule has 0 spiro atoms. The average molecular weight is 219 g/mol. The molecule has 2 heterocycles. The molecule has 0 amide bonds. The lowest BCUT2D eigenvalue weighted by molar-refractivity contribution is -0.143. The summed E-state index contributed by atoms with van der Waals surface area (Å²) < 4.78 is 5.31. The molecule has 0 saturated carbocycles. The van der Waals surface area contributed by atoms with E-state index in [9.17, 15) is 4.79 Å². The van der Waals surface area contributed by atoms with Gasteiger partial charge in [0.1, 0.15) is 0 Å². The van der Waals surface area contributed by atoms with Crippen molar-refractivity contribution in [1.29, 1.82) is 0 Å². The number of H-pyrrole nitrogens is 1. The lowest BCUT2D eigenvalue weighted by Gasteiger charge is -2.15. The second kappa shape index (κ2) is 3.63. The van der Waals surface area contributed by atoms with Crippen LogP contribution in [0.25, 0.3) is 10.8 Å². The molecular formula is C12H15N2O2+. The monoisotopic (exact) mass is 219 g/mol. The Labute approximate surface area is 95.1 Å². The molecule has 0 saturated heterocycles. The summed E-state index contributed by atoms with van der Waals surface area (Å²) in [5.41, 5.74) is -0.509. The predicted octanol–water partition coefficient (Wildman–Crippen LogP) is 2.63. The minimum Gasteiger partial charge on any atom is -0.408 e. The number of aromatic amines is 1. The molecule has 2 rings (SSSR count). The molecule has 0 aliphatic carbocycles. The lowest BCUT2D eigenvalue weighted by atomic mass is 9.97. The van der Waals surface area contributed by atoms with Gasteiger partial charge in [0.15, 0.2) is 0 Å². The SMILES string of the molecule is CC(C)(C)C(=O)Oc1[nH]cc2cnccc12.[H+]. The number of hydrogen-bond acceptors (Lipinski definition) is 3. The first kappa shape index (κ1) is 10.7. The summed E-state index contributed by atoms with van der Waals surface area (Å²) in [7, 11) is 0. The normalized spacial score (nSPS) is 11.7. The average Bonchev–Trinajstić information content (AvgIpc) is 2.61. The van der Waals surface area contributed by atoms with Crippen molar-refractivity contribution < 1.29 is 11.0 Å². The topological polar surface area (TPSA) is 55.0 Å². The summed E-state index contributed by atoms with van der Waals surface area (Å²) >= 11 is 0. The summed E-state index contributed by atoms with van der Waals surface area (Å²) in [6, 6.07) is 1.82. The number of nitrogens with zero attached hydrogens (tertiary/aromatic N) is 1. The zero-order chi connectivity index (χ0) is 11.8. The molecular weight excluding hydrogens is 204 g/mol. The van der Waals surface area contributed by atoms with Crippen molar-refractivity contribution in [2.45, 2.75) is 20.8 Å². The molecule has 0 aliphatic heterocycles. The standard InChI is InChI=1S/C12H14N2O2/c1-12(2,3)11(15)16-10-9-4-5-13-6-8(9)7-14-10/h4-7,14H,1-3H3/p+1. The fourth-order valence-electron chi connectivity index (χ4n) is 1.28. The molecule has 0 unspecified atom stereocenters. The van der Waals surface area contributed by atoms with E-state index in [1.165, 1.54) is 0 Å². The van der Waals surface area contributed by atoms with Crippen molar-refractivity contribution in [2.75, 3.05) is 0 Å². The predicted molar refractivity (Wildman–Crippen MR) is 62.3 cm³/mol. The van der Waals surface area contributed by atoms with E-state index >= 15 is 0 Å². The Bertz CT molecular complexity index is 529. The Hall–Kier alpha value is -1.84. The lowest BCUT2D eigenvalue weighted by Crippen LogP contribution is -2.25. The van der Waals surface area contributed by atoms with Crippen molar-refractivity contribution in [3.63, 3.8) is 0 Å². The van der Waals surface area contributed by atoms with Gasteiger partial charge >= 0.3 is 7.40 Å². The highest BCUT2D eigenvalue weighted by atomic mass is 16.5. The van der Waals surface area contributed by atoms with Gasteiger partial charge < -0.3 is 9.72 Å². The van der Waals surface area contributed by atoms with E-state index in [1.807, 2.05) is 26.8 Å². The number of fused-ring (bicyclic) bond motifs is 1. The number of nitrogens with one attached hydrogen (secondary N) is 1. The number of ether oxygens (including phenoxy) is 1. The first-order valence-corrected chi connectivity index (χ1v) is 5.12. The van der Waals surface area contributed by atoms with Crippen LogP contribution in [0.3, 0.4) is 0 Å². The molecule has 2 aromatic rings. The number of aromatic nitrogens is 2. The number of rotatable bonds is 1. The molecule has 0 aromatic carbocycles. The zero-order valence-corrected chi connectivity index (χ0v) is 9.57. The highest BCUT2D eigenvalue weighted by Gasteiger charge is 2.24. The van der Waals surface area contributed by atoms with E-state index in [2.05, 4.69) is 9.97 Å². The number of carbonyl (C=O) groups is 1. The third-order valence-electron chi connectivity index (χ3n) is 2.26. The molecule has 4 heteroatoms. The first-order valence-electron chi connectivity index (χ1n) is 5.12. The highest BCUT2D eigenvalue weighted by molar-refractivity contribution is 5.89. The van der Waals surface area contributed by atoms with Crippen LogP contribution in [0, 0.1) is 5.41 Å². The van der Waals surface area contributed by atoms with Crippen LogP contribution in [0.5, 0.6) is 5.88 Å². The third-order valence-corrected chi connectivity index (χ3v) is 2.26. The van der Waals surface area contributed by atoms with Gasteiger partial charge in [0.25, 0.3) is 0 Å². The van der Waals surface area contributed by atoms with Gasteiger partial charge in [-0.1, -0.05) is 0 Å². The van der Waals surface area contributed by atoms with E-state index in [1.54, 1.807) is 18.6 Å². The van der Waals surface area contributed by atoms with Crippen LogP contribution >= 0.6 is 0 Å². The van der Waals surface area contributed by atoms with E-state index in [-0.39, 0.29) is 7.40 Å². The maximum Gasteiger partial charge on any atom is 1.00 e. The Morgan fingerprint density at radius 1 is 1.50 bits per heavy atom. The van der Waals surface area contributed by atoms with Crippen LogP contribution < -0.4 is 4.74 Å². The number of carbonyl (C=O) groups excluding carboxylic acids is 1. The Kier molecular flexibility index (Phi) is 2.42. The number of pyridine rings is 1. The van der Waals surface area contributed by atoms with Crippen molar-refractivity contribution in [1.82, 2.24) is 9.97 Å². The second-order valence-electron chi connectivity index (χ2n) is 4.72. The fourth-order valence-corrected chi connectivity index (χ4v) is 1.28. The van der Waals surface area contributed by atoms with E-state index < -0.39 is 5.41 Å². The summed E-state index contributed by atoms with van der Waals surface area (Å²) in [6.45, 7) is 5.46. The quantitative estimate of drug-likeness (QED) is 0.750. The Morgan fingerprint density at radius 3 is 2.94 bits per heavy atom. The molecule has 4 nitrogen and oxygen atoms in total. The molecule has 0 bridgehead atoms. The molecule has 2 aromatic heterocycles. The van der Waals surface area contributed by atoms with Gasteiger partial charge in [0, 0.05) is 29.4 Å². The van der Waals surface area contributed by atoms with Gasteiger partial charge in [-0.05, 0) is 26.8 Å². The Morgan fingerprint density at radius 2 is 2.25 bits per heavy atom. The summed E-state index contributed by atoms with van der Waals surface area (Å²) in [5, 5.41) is 1.80. The van der Waals surface area contributed by atoms with Crippen LogP contribution in [0.15, 0.2) is 24.7 Å². The molecule has 0 atom stereocenters. The zero-order valence-electron chi connectivity index (χ0n) is 10.6. The fraction of sp³-hybridized carbons (Fsp3) is 0.333. The van der Waals surface area contributed by atoms with Gasteiger partial charge in [-0.3, -0.25) is 9.78 Å². The molecule has 0 fully saturated rings. The molecule has 0 aliphatic rings. The number of hydrogen-bond donors (Lipinski definition) is 1. The van der Waals surface area contributed by atoms with Gasteiger partial charge in [-0.15, -0.1) is 0 Å². The molecule has 16 heavy (non-hydrogen) atoms. The highest BCUT2D eigenvalue weighted by Crippen LogP contribution is 2.26. The summed E-state index contributed by atoms with van der Waals surface area (Å²) in [4.78, 5) is 18.6. The van der Waals surface area contributed by atoms with Crippen molar-refractivity contribution >= 4 is 16.7 Å². The summed E-state index contributed by atoms with van der Waals surface area (Å²) in [6.07, 6.45) is 5.17. The van der Waals surface area contributed by atoms with Crippen molar-refractivity contribution in [2.24, 2.45) is 5.41 Å². The smallest absolute Gasteiger partial charge is 0.408 e. The van der Waals surface area contributed by atoms with Crippen LogP contribution in [0.1, 0.15) is 22.2 Å². The van der Waals surface area contributed by atoms with E-state index in [0.717, 1.165) is 10.8 Å². The largest absolute Gasteiger partial charge is 1.00 e. The van der Waals surface area contributed by atoms with Gasteiger partial charge in [-0.25, -0.2) is 0 Å². The Balaban J connectivity index is 0.00000144. The van der Waals surface area contributed by atoms with Crippen molar-refractivity contribution in [3.05, 3.63) is 24.7 Å². The minimum atomic E-state index is -0.509. The minimum absolute atomic E-state index is 0. The van der Waals surface area contributed by atoms with Crippen LogP contribution in [0.2, 0.25) is 0 Å². The first-order chi connectivity index (χ1) is 7.48. The van der Waals surface area contributed by atoms with Crippen LogP contribution in [0.4, 0.5) is 0 Å². The summed E-state index contributed by atoms with van der Waals surface area (Å²) in [5.74, 6) is 0.227. The number of esters is 1. The molecule has 0 radical (unpaired) electrons. The van der Waals surface area contributed by atoms with Crippen molar-refractivity contribution in [3.8, 4) is 5.88 Å². The maximum absolute atomic E-state index is 11.7. The van der Waals surface area contributed by atoms with E-state index in [0.29, 0.717) is 5.88 Å². The van der Waals surface area contributed by atoms with Crippen LogP contribution in [-0.4, -0.2) is 15.9 Å². The molecule has 1 N–H and O–H groups in total. The maximum atomic E-state index is 11.7. The second-order valence-corrected chi connectivity index (χ2v) is 4.72. The van der Waals surface area contributed by atoms with Gasteiger partial charge in [0.05, 0.1) is 5.41 Å². The van der Waals surface area contributed by atoms with E-state index in [4.69, 9.17) is 4.74 Å². The van der Waals surface area contributed by atoms with Gasteiger partial charge in [-0.2, -0.15) is 0 Å². The van der Waals surface area contributed by atoms with Crippen LogP contribution in [-0.2, 0) is 4.79 Å².